The van der Waals surface area contributed by atoms with E-state index < -0.39 is 29.7 Å². The van der Waals surface area contributed by atoms with Gasteiger partial charge in [-0.25, -0.2) is 4.79 Å². The normalized spacial score (nSPS) is 21.9. The standard InChI is InChI=1S/C32H49N3O6/c1-20(2)27(29(37)33-24(18-22-13-9-7-10-14-22)26-17-21(3)30(38)40-26)35-28(36)25(19-23-15-11-8-12-16-23)34-31(39)41-32(4,5)6/h8,11-12,15-16,20-22,24-27H,7,9-10,13-14,17-19H2,1-6H3,(H,33,37)(H,34,39)(H,35,36)/t21-,24+,25+,26+,27+/m1/s1. The van der Waals surface area contributed by atoms with Gasteiger partial charge in [-0.15, -0.1) is 0 Å². The van der Waals surface area contributed by atoms with Gasteiger partial charge >= 0.3 is 12.1 Å². The van der Waals surface area contributed by atoms with Gasteiger partial charge in [0.1, 0.15) is 23.8 Å². The molecule has 1 heterocycles. The van der Waals surface area contributed by atoms with Gasteiger partial charge in [0.25, 0.3) is 0 Å². The second kappa shape index (κ2) is 14.7. The highest BCUT2D eigenvalue weighted by atomic mass is 16.6. The first kappa shape index (κ1) is 32.4. The molecule has 3 N–H and O–H groups in total. The monoisotopic (exact) mass is 571 g/mol. The lowest BCUT2D eigenvalue weighted by Crippen LogP contribution is -2.58. The van der Waals surface area contributed by atoms with Gasteiger partial charge in [-0.2, -0.15) is 0 Å². The maximum Gasteiger partial charge on any atom is 0.408 e. The van der Waals surface area contributed by atoms with Gasteiger partial charge in [-0.05, 0) is 51.0 Å². The Bertz CT molecular complexity index is 1030. The van der Waals surface area contributed by atoms with Crippen molar-refractivity contribution in [2.75, 3.05) is 0 Å². The van der Waals surface area contributed by atoms with Crippen LogP contribution in [-0.4, -0.2) is 53.7 Å². The van der Waals surface area contributed by atoms with Crippen LogP contribution in [0.3, 0.4) is 0 Å². The van der Waals surface area contributed by atoms with Crippen LogP contribution < -0.4 is 16.0 Å². The minimum absolute atomic E-state index is 0.205. The van der Waals surface area contributed by atoms with Crippen molar-refractivity contribution in [1.29, 1.82) is 0 Å². The number of hydrogen-bond donors (Lipinski definition) is 3. The number of ether oxygens (including phenoxy) is 2. The van der Waals surface area contributed by atoms with Crippen LogP contribution in [0.15, 0.2) is 30.3 Å². The Hall–Kier alpha value is -3.10. The highest BCUT2D eigenvalue weighted by Crippen LogP contribution is 2.32. The summed E-state index contributed by atoms with van der Waals surface area (Å²) < 4.78 is 11.1. The third-order valence-electron chi connectivity index (χ3n) is 7.88. The van der Waals surface area contributed by atoms with E-state index in [1.165, 1.54) is 19.3 Å². The number of hydrogen-bond acceptors (Lipinski definition) is 6. The Labute approximate surface area is 244 Å². The molecule has 1 saturated carbocycles. The average molecular weight is 572 g/mol. The molecule has 0 bridgehead atoms. The number of alkyl carbamates (subject to hydrolysis) is 1. The van der Waals surface area contributed by atoms with E-state index in [0.29, 0.717) is 12.3 Å². The van der Waals surface area contributed by atoms with E-state index in [-0.39, 0.29) is 42.3 Å². The van der Waals surface area contributed by atoms with Gasteiger partial charge in [-0.3, -0.25) is 14.4 Å². The summed E-state index contributed by atoms with van der Waals surface area (Å²) in [5, 5.41) is 8.74. The third-order valence-corrected chi connectivity index (χ3v) is 7.88. The number of esters is 1. The molecule has 2 aliphatic rings. The van der Waals surface area contributed by atoms with Crippen molar-refractivity contribution < 1.29 is 28.7 Å². The maximum absolute atomic E-state index is 13.7. The minimum Gasteiger partial charge on any atom is -0.460 e. The summed E-state index contributed by atoms with van der Waals surface area (Å²) in [5.41, 5.74) is 0.131. The lowest BCUT2D eigenvalue weighted by Gasteiger charge is -2.32. The van der Waals surface area contributed by atoms with Crippen LogP contribution >= 0.6 is 0 Å². The summed E-state index contributed by atoms with van der Waals surface area (Å²) in [5.74, 6) is -0.992. The zero-order chi connectivity index (χ0) is 30.2. The molecule has 2 fully saturated rings. The largest absolute Gasteiger partial charge is 0.460 e. The van der Waals surface area contributed by atoms with Gasteiger partial charge in [0, 0.05) is 6.42 Å². The third kappa shape index (κ3) is 10.3. The molecule has 3 amide bonds. The number of benzene rings is 1. The fourth-order valence-electron chi connectivity index (χ4n) is 5.66. The number of cyclic esters (lactones) is 1. The van der Waals surface area contributed by atoms with Gasteiger partial charge in [0.05, 0.1) is 12.0 Å². The second-order valence-corrected chi connectivity index (χ2v) is 13.1. The topological polar surface area (TPSA) is 123 Å². The van der Waals surface area contributed by atoms with Gasteiger partial charge in [0.15, 0.2) is 0 Å². The first-order chi connectivity index (χ1) is 19.3. The van der Waals surface area contributed by atoms with E-state index >= 15 is 0 Å². The molecule has 1 aliphatic heterocycles. The van der Waals surface area contributed by atoms with Crippen LogP contribution in [0.2, 0.25) is 0 Å². The molecular weight excluding hydrogens is 522 g/mol. The minimum atomic E-state index is -0.948. The molecule has 1 aromatic rings. The predicted octanol–water partition coefficient (Wildman–Crippen LogP) is 4.67. The average Bonchev–Trinajstić information content (AvgIpc) is 3.24. The first-order valence-electron chi connectivity index (χ1n) is 15.2. The van der Waals surface area contributed by atoms with Crippen molar-refractivity contribution in [2.45, 2.75) is 123 Å². The van der Waals surface area contributed by atoms with Crippen LogP contribution in [0, 0.1) is 17.8 Å². The summed E-state index contributed by atoms with van der Waals surface area (Å²) in [6, 6.07) is 7.26. The molecule has 9 nitrogen and oxygen atoms in total. The van der Waals surface area contributed by atoms with Crippen LogP contribution in [0.1, 0.15) is 92.1 Å². The number of amides is 3. The smallest absolute Gasteiger partial charge is 0.408 e. The van der Waals surface area contributed by atoms with Gasteiger partial charge < -0.3 is 25.4 Å². The van der Waals surface area contributed by atoms with Crippen molar-refractivity contribution in [1.82, 2.24) is 16.0 Å². The Kier molecular flexibility index (Phi) is 11.6. The Balaban J connectivity index is 1.74. The molecule has 0 unspecified atom stereocenters. The SMILES string of the molecule is CC(C)[C@H](NC(=O)[C@H](Cc1ccccc1)NC(=O)OC(C)(C)C)C(=O)N[C@@H](CC1CCCCC1)[C@@H]1C[C@@H](C)C(=O)O1. The fourth-order valence-corrected chi connectivity index (χ4v) is 5.66. The Morgan fingerprint density at radius 2 is 1.63 bits per heavy atom. The van der Waals surface area contributed by atoms with Crippen molar-refractivity contribution in [2.24, 2.45) is 17.8 Å². The van der Waals surface area contributed by atoms with E-state index in [1.54, 1.807) is 20.8 Å². The molecule has 9 heteroatoms. The molecule has 3 rings (SSSR count). The number of rotatable bonds is 11. The Morgan fingerprint density at radius 3 is 2.20 bits per heavy atom. The molecule has 1 saturated heterocycles. The molecule has 0 radical (unpaired) electrons. The number of carbonyl (C=O) groups is 4. The van der Waals surface area contributed by atoms with Gasteiger partial charge in [-0.1, -0.05) is 83.2 Å². The quantitative estimate of drug-likeness (QED) is 0.332. The second-order valence-electron chi connectivity index (χ2n) is 13.1. The highest BCUT2D eigenvalue weighted by Gasteiger charge is 2.39. The van der Waals surface area contributed by atoms with Crippen LogP contribution in [0.4, 0.5) is 4.79 Å². The van der Waals surface area contributed by atoms with E-state index in [4.69, 9.17) is 9.47 Å². The van der Waals surface area contributed by atoms with E-state index in [2.05, 4.69) is 16.0 Å². The zero-order valence-corrected chi connectivity index (χ0v) is 25.5. The Morgan fingerprint density at radius 1 is 0.976 bits per heavy atom. The molecule has 0 aromatic heterocycles. The maximum atomic E-state index is 13.7. The first-order valence-corrected chi connectivity index (χ1v) is 15.2. The van der Waals surface area contributed by atoms with Gasteiger partial charge in [0.2, 0.25) is 11.8 Å². The molecular formula is C32H49N3O6. The van der Waals surface area contributed by atoms with Crippen LogP contribution in [0.5, 0.6) is 0 Å². The fraction of sp³-hybridized carbons (Fsp3) is 0.688. The molecule has 1 aliphatic carbocycles. The zero-order valence-electron chi connectivity index (χ0n) is 25.5. The molecule has 0 spiro atoms. The lowest BCUT2D eigenvalue weighted by atomic mass is 9.83. The molecule has 5 atom stereocenters. The van der Waals surface area contributed by atoms with Crippen molar-refractivity contribution in [3.05, 3.63) is 35.9 Å². The predicted molar refractivity (Wildman–Crippen MR) is 157 cm³/mol. The summed E-state index contributed by atoms with van der Waals surface area (Å²) in [6.45, 7) is 10.8. The van der Waals surface area contributed by atoms with E-state index in [9.17, 15) is 19.2 Å². The van der Waals surface area contributed by atoms with Crippen molar-refractivity contribution >= 4 is 23.9 Å². The summed E-state index contributed by atoms with van der Waals surface area (Å²) in [6.07, 6.45) is 6.23. The lowest BCUT2D eigenvalue weighted by molar-refractivity contribution is -0.146. The molecule has 1 aromatic carbocycles. The number of nitrogens with one attached hydrogen (secondary N) is 3. The summed E-state index contributed by atoms with van der Waals surface area (Å²) >= 11 is 0. The van der Waals surface area contributed by atoms with Crippen LogP contribution in [-0.2, 0) is 30.3 Å². The summed E-state index contributed by atoms with van der Waals surface area (Å²) in [4.78, 5) is 52.1. The highest BCUT2D eigenvalue weighted by molar-refractivity contribution is 5.91. The van der Waals surface area contributed by atoms with Crippen molar-refractivity contribution in [3.63, 3.8) is 0 Å². The van der Waals surface area contributed by atoms with Crippen LogP contribution in [0.25, 0.3) is 0 Å². The van der Waals surface area contributed by atoms with E-state index in [1.807, 2.05) is 51.1 Å². The van der Waals surface area contributed by atoms with Crippen molar-refractivity contribution in [3.8, 4) is 0 Å². The summed E-state index contributed by atoms with van der Waals surface area (Å²) in [7, 11) is 0. The van der Waals surface area contributed by atoms with E-state index in [0.717, 1.165) is 24.8 Å². The molecule has 41 heavy (non-hydrogen) atoms. The number of carbonyl (C=O) groups excluding carboxylic acids is 4. The molecule has 228 valence electrons.